The predicted octanol–water partition coefficient (Wildman–Crippen LogP) is -3.74. The van der Waals surface area contributed by atoms with Crippen molar-refractivity contribution >= 4 is 29.6 Å². The van der Waals surface area contributed by atoms with Gasteiger partial charge in [0.2, 0.25) is 23.6 Å². The number of primary amides is 2. The van der Waals surface area contributed by atoms with Crippen LogP contribution in [0.4, 0.5) is 0 Å². The van der Waals surface area contributed by atoms with Gasteiger partial charge in [-0.15, -0.1) is 0 Å². The topological polar surface area (TPSA) is 185 Å². The van der Waals surface area contributed by atoms with E-state index in [1.807, 2.05) is 0 Å². The summed E-state index contributed by atoms with van der Waals surface area (Å²) in [5.41, 5.74) is 9.87. The van der Waals surface area contributed by atoms with E-state index in [1.165, 1.54) is 0 Å². The summed E-state index contributed by atoms with van der Waals surface area (Å²) in [4.78, 5) is 55.3. The Labute approximate surface area is 126 Å². The zero-order valence-electron chi connectivity index (χ0n) is 12.1. The monoisotopic (exact) mass is 315 g/mol. The second kappa shape index (κ2) is 9.32. The summed E-state index contributed by atoms with van der Waals surface area (Å²) in [5, 5.41) is 15.3. The number of carboxylic acids is 1. The molecule has 0 radical (unpaired) electrons. The molecule has 0 aromatic carbocycles. The van der Waals surface area contributed by atoms with Gasteiger partial charge in [0, 0.05) is 19.8 Å². The summed E-state index contributed by atoms with van der Waals surface area (Å²) >= 11 is 0. The molecule has 0 spiro atoms. The predicted molar refractivity (Wildman–Crippen MR) is 71.4 cm³/mol. The van der Waals surface area contributed by atoms with E-state index in [4.69, 9.17) is 11.5 Å². The Kier molecular flexibility index (Phi) is 8.19. The first kappa shape index (κ1) is 19.4. The molecule has 0 saturated carbocycles. The molecule has 0 heterocycles. The Morgan fingerprint density at radius 3 is 1.73 bits per heavy atom. The molecule has 0 bridgehead atoms. The lowest BCUT2D eigenvalue weighted by Crippen LogP contribution is -2.54. The summed E-state index contributed by atoms with van der Waals surface area (Å²) in [6.07, 6.45) is -0.761. The van der Waals surface area contributed by atoms with Crippen molar-refractivity contribution in [2.45, 2.75) is 44.7 Å². The summed E-state index contributed by atoms with van der Waals surface area (Å²) < 4.78 is 0. The van der Waals surface area contributed by atoms with Crippen molar-refractivity contribution < 1.29 is 29.1 Å². The minimum atomic E-state index is -1.59. The van der Waals surface area contributed by atoms with Crippen LogP contribution in [0.5, 0.6) is 0 Å². The van der Waals surface area contributed by atoms with Crippen LogP contribution < -0.4 is 27.2 Å². The van der Waals surface area contributed by atoms with Crippen LogP contribution in [-0.4, -0.2) is 41.7 Å². The van der Waals surface area contributed by atoms with Gasteiger partial charge < -0.3 is 32.0 Å². The Bertz CT molecular complexity index is 465. The lowest BCUT2D eigenvalue weighted by molar-refractivity contribution is -0.308. The number of carbonyl (C=O) groups excluding carboxylic acids is 5. The minimum absolute atomic E-state index is 0.0870. The highest BCUT2D eigenvalue weighted by atomic mass is 16.4. The van der Waals surface area contributed by atoms with E-state index in [0.29, 0.717) is 0 Å². The fraction of sp³-hybridized carbons (Fsp3) is 0.583. The van der Waals surface area contributed by atoms with E-state index >= 15 is 0 Å². The average molecular weight is 315 g/mol. The number of rotatable bonds is 10. The van der Waals surface area contributed by atoms with E-state index in [0.717, 1.165) is 6.92 Å². The van der Waals surface area contributed by atoms with Crippen molar-refractivity contribution in [3.63, 3.8) is 0 Å². The largest absolute Gasteiger partial charge is 0.548 e. The number of amides is 4. The third kappa shape index (κ3) is 8.51. The normalized spacial score (nSPS) is 12.8. The number of hydrogen-bond acceptors (Lipinski definition) is 6. The lowest BCUT2D eigenvalue weighted by atomic mass is 10.1. The molecule has 10 heteroatoms. The Morgan fingerprint density at radius 1 is 0.909 bits per heavy atom. The highest BCUT2D eigenvalue weighted by Crippen LogP contribution is 2.01. The molecule has 4 amide bonds. The van der Waals surface area contributed by atoms with Crippen LogP contribution in [-0.2, 0) is 24.0 Å². The summed E-state index contributed by atoms with van der Waals surface area (Å²) in [7, 11) is 0. The third-order valence-corrected chi connectivity index (χ3v) is 2.65. The average Bonchev–Trinajstić information content (AvgIpc) is 2.37. The number of hydrogen-bond donors (Lipinski definition) is 4. The molecule has 0 rings (SSSR count). The first-order valence-corrected chi connectivity index (χ1v) is 6.48. The zero-order chi connectivity index (χ0) is 17.3. The molecular weight excluding hydrogens is 296 g/mol. The van der Waals surface area contributed by atoms with Gasteiger partial charge in [0.05, 0.1) is 12.0 Å². The number of nitrogens with one attached hydrogen (secondary N) is 2. The van der Waals surface area contributed by atoms with Gasteiger partial charge in [-0.2, -0.15) is 0 Å². The van der Waals surface area contributed by atoms with E-state index in [9.17, 15) is 29.1 Å². The molecule has 124 valence electrons. The van der Waals surface area contributed by atoms with Crippen molar-refractivity contribution in [3.05, 3.63) is 0 Å². The summed E-state index contributed by atoms with van der Waals surface area (Å²) in [6, 6.07) is -2.56. The molecule has 0 aliphatic carbocycles. The minimum Gasteiger partial charge on any atom is -0.548 e. The van der Waals surface area contributed by atoms with E-state index in [1.54, 1.807) is 0 Å². The van der Waals surface area contributed by atoms with Crippen LogP contribution in [0.2, 0.25) is 0 Å². The van der Waals surface area contributed by atoms with Crippen LogP contribution in [0.3, 0.4) is 0 Å². The highest BCUT2D eigenvalue weighted by Gasteiger charge is 2.23. The summed E-state index contributed by atoms with van der Waals surface area (Å²) in [6.45, 7) is 1.16. The third-order valence-electron chi connectivity index (χ3n) is 2.65. The van der Waals surface area contributed by atoms with E-state index in [2.05, 4.69) is 10.6 Å². The SMILES string of the molecule is CC(=O)N[C@@H](CCC(N)=O)C(=O)N[C@@H](CCC(N)=O)C(=O)[O-]. The Balaban J connectivity index is 4.79. The zero-order valence-corrected chi connectivity index (χ0v) is 12.1. The maximum absolute atomic E-state index is 12.0. The molecule has 0 aliphatic rings. The molecule has 0 aromatic heterocycles. The molecule has 0 aliphatic heterocycles. The van der Waals surface area contributed by atoms with E-state index < -0.39 is 41.7 Å². The Morgan fingerprint density at radius 2 is 1.36 bits per heavy atom. The number of aliphatic carboxylic acids is 1. The fourth-order valence-corrected chi connectivity index (χ4v) is 1.61. The molecule has 0 saturated heterocycles. The molecule has 6 N–H and O–H groups in total. The molecule has 0 unspecified atom stereocenters. The molecule has 0 fully saturated rings. The van der Waals surface area contributed by atoms with Crippen molar-refractivity contribution in [1.82, 2.24) is 10.6 Å². The van der Waals surface area contributed by atoms with Crippen LogP contribution in [0.15, 0.2) is 0 Å². The number of carboxylic acid groups (broad SMARTS) is 1. The van der Waals surface area contributed by atoms with Crippen LogP contribution in [0.25, 0.3) is 0 Å². The standard InChI is InChI=1S/C12H20N4O6/c1-6(17)15-7(2-4-9(13)18)11(20)16-8(12(21)22)3-5-10(14)19/h7-8H,2-5H2,1H3,(H2,13,18)(H2,14,19)(H,15,17)(H,16,20)(H,21,22)/p-1/t7-,8-/m0/s1. The maximum atomic E-state index is 12.0. The van der Waals surface area contributed by atoms with Crippen LogP contribution in [0.1, 0.15) is 32.6 Å². The lowest BCUT2D eigenvalue weighted by Gasteiger charge is -2.23. The van der Waals surface area contributed by atoms with Gasteiger partial charge in [0.1, 0.15) is 6.04 Å². The molecule has 0 aromatic rings. The van der Waals surface area contributed by atoms with E-state index in [-0.39, 0.29) is 25.7 Å². The van der Waals surface area contributed by atoms with Gasteiger partial charge in [0.15, 0.2) is 0 Å². The second-order valence-corrected chi connectivity index (χ2v) is 4.64. The molecular formula is C12H19N4O6-. The van der Waals surface area contributed by atoms with Crippen molar-refractivity contribution in [3.8, 4) is 0 Å². The van der Waals surface area contributed by atoms with Gasteiger partial charge >= 0.3 is 0 Å². The van der Waals surface area contributed by atoms with Crippen molar-refractivity contribution in [2.24, 2.45) is 11.5 Å². The first-order chi connectivity index (χ1) is 10.1. The van der Waals surface area contributed by atoms with Crippen molar-refractivity contribution in [2.75, 3.05) is 0 Å². The first-order valence-electron chi connectivity index (χ1n) is 6.48. The van der Waals surface area contributed by atoms with Gasteiger partial charge in [0.25, 0.3) is 0 Å². The fourth-order valence-electron chi connectivity index (χ4n) is 1.61. The van der Waals surface area contributed by atoms with Crippen LogP contribution in [0, 0.1) is 0 Å². The van der Waals surface area contributed by atoms with Gasteiger partial charge in [-0.3, -0.25) is 19.2 Å². The summed E-state index contributed by atoms with van der Waals surface area (Å²) in [5.74, 6) is -4.35. The number of carbonyl (C=O) groups is 5. The quantitative estimate of drug-likeness (QED) is 0.321. The number of nitrogens with two attached hydrogens (primary N) is 2. The van der Waals surface area contributed by atoms with Gasteiger partial charge in [-0.1, -0.05) is 0 Å². The second-order valence-electron chi connectivity index (χ2n) is 4.64. The highest BCUT2D eigenvalue weighted by molar-refractivity contribution is 5.90. The van der Waals surface area contributed by atoms with Gasteiger partial charge in [-0.05, 0) is 12.8 Å². The smallest absolute Gasteiger partial charge is 0.243 e. The molecule has 2 atom stereocenters. The molecule has 10 nitrogen and oxygen atoms in total. The van der Waals surface area contributed by atoms with Crippen molar-refractivity contribution in [1.29, 1.82) is 0 Å². The Hall–Kier alpha value is -2.65. The van der Waals surface area contributed by atoms with Crippen LogP contribution >= 0.6 is 0 Å². The van der Waals surface area contributed by atoms with Gasteiger partial charge in [-0.25, -0.2) is 0 Å². The molecule has 22 heavy (non-hydrogen) atoms. The maximum Gasteiger partial charge on any atom is 0.243 e.